The van der Waals surface area contributed by atoms with Crippen molar-refractivity contribution in [3.05, 3.63) is 36.9 Å². The first-order chi connectivity index (χ1) is 11.7. The Hall–Kier alpha value is -2.57. The van der Waals surface area contributed by atoms with E-state index in [2.05, 4.69) is 15.4 Å². The Bertz CT molecular complexity index is 642. The third kappa shape index (κ3) is 4.24. The highest BCUT2D eigenvalue weighted by molar-refractivity contribution is 5.76. The number of carbonyl (C=O) groups is 1. The van der Waals surface area contributed by atoms with Gasteiger partial charge < -0.3 is 15.0 Å². The Morgan fingerprint density at radius 2 is 2.21 bits per heavy atom. The van der Waals surface area contributed by atoms with Gasteiger partial charge in [-0.25, -0.2) is 4.98 Å². The number of aromatic nitrogens is 3. The lowest BCUT2D eigenvalue weighted by atomic mass is 10.0. The molecule has 0 unspecified atom stereocenters. The van der Waals surface area contributed by atoms with Crippen LogP contribution in [0.25, 0.3) is 0 Å². The number of amides is 1. The van der Waals surface area contributed by atoms with Crippen LogP contribution < -0.4 is 10.1 Å². The van der Waals surface area contributed by atoms with Crippen molar-refractivity contribution in [1.82, 2.24) is 19.7 Å². The van der Waals surface area contributed by atoms with Crippen molar-refractivity contribution >= 4 is 11.6 Å². The van der Waals surface area contributed by atoms with E-state index in [9.17, 15) is 4.79 Å². The van der Waals surface area contributed by atoms with Crippen LogP contribution in [0.3, 0.4) is 0 Å². The number of benzene rings is 1. The number of carbonyl (C=O) groups excluding carboxylic acids is 1. The summed E-state index contributed by atoms with van der Waals surface area (Å²) in [5.74, 6) is 1.01. The van der Waals surface area contributed by atoms with Gasteiger partial charge >= 0.3 is 0 Å². The summed E-state index contributed by atoms with van der Waals surface area (Å²) in [5.41, 5.74) is 1.05. The van der Waals surface area contributed by atoms with E-state index in [-0.39, 0.29) is 11.9 Å². The van der Waals surface area contributed by atoms with Gasteiger partial charge in [-0.15, -0.1) is 0 Å². The lowest BCUT2D eigenvalue weighted by Crippen LogP contribution is -2.45. The molecule has 24 heavy (non-hydrogen) atoms. The molecule has 0 saturated carbocycles. The van der Waals surface area contributed by atoms with E-state index in [1.54, 1.807) is 18.1 Å². The maximum Gasteiger partial charge on any atom is 0.224 e. The molecule has 0 radical (unpaired) electrons. The lowest BCUT2D eigenvalue weighted by Gasteiger charge is -2.33. The van der Waals surface area contributed by atoms with Crippen LogP contribution in [0.2, 0.25) is 0 Å². The highest BCUT2D eigenvalue weighted by Crippen LogP contribution is 2.19. The molecule has 1 amide bonds. The zero-order valence-electron chi connectivity index (χ0n) is 13.9. The number of anilines is 1. The van der Waals surface area contributed by atoms with E-state index in [0.717, 1.165) is 37.4 Å². The predicted octanol–water partition coefficient (Wildman–Crippen LogP) is 1.78. The van der Waals surface area contributed by atoms with Gasteiger partial charge in [-0.1, -0.05) is 0 Å². The summed E-state index contributed by atoms with van der Waals surface area (Å²) < 4.78 is 6.86. The zero-order chi connectivity index (χ0) is 16.8. The molecule has 1 saturated heterocycles. The standard InChI is InChI=1S/C17H23N5O2/c1-24-16-6-4-14(5-7-16)20-15-3-2-9-21(11-15)17(23)8-10-22-13-18-12-19-22/h4-7,12-13,15,20H,2-3,8-11H2,1H3/t15-/m0/s1. The Kier molecular flexibility index (Phi) is 5.30. The first kappa shape index (κ1) is 16.3. The van der Waals surface area contributed by atoms with Crippen molar-refractivity contribution in [3.63, 3.8) is 0 Å². The molecule has 0 aliphatic carbocycles. The van der Waals surface area contributed by atoms with Gasteiger partial charge in [0.2, 0.25) is 5.91 Å². The smallest absolute Gasteiger partial charge is 0.224 e. The van der Waals surface area contributed by atoms with E-state index in [4.69, 9.17) is 4.74 Å². The minimum atomic E-state index is 0.173. The van der Waals surface area contributed by atoms with Gasteiger partial charge in [0.05, 0.1) is 13.7 Å². The van der Waals surface area contributed by atoms with E-state index in [0.29, 0.717) is 13.0 Å². The van der Waals surface area contributed by atoms with Gasteiger partial charge in [-0.05, 0) is 37.1 Å². The molecule has 7 nitrogen and oxygen atoms in total. The van der Waals surface area contributed by atoms with Gasteiger partial charge in [0.1, 0.15) is 18.4 Å². The van der Waals surface area contributed by atoms with Gasteiger partial charge in [0.25, 0.3) is 0 Å². The summed E-state index contributed by atoms with van der Waals surface area (Å²) in [6, 6.07) is 8.16. The largest absolute Gasteiger partial charge is 0.497 e. The number of rotatable bonds is 6. The molecule has 7 heteroatoms. The SMILES string of the molecule is COc1ccc(N[C@H]2CCCN(C(=O)CCn3cncn3)C2)cc1. The van der Waals surface area contributed by atoms with Gasteiger partial charge in [0, 0.05) is 31.2 Å². The second-order valence-corrected chi connectivity index (χ2v) is 5.96. The molecule has 1 aliphatic heterocycles. The van der Waals surface area contributed by atoms with Crippen molar-refractivity contribution in [2.75, 3.05) is 25.5 Å². The normalized spacial score (nSPS) is 17.5. The Labute approximate surface area is 141 Å². The minimum absolute atomic E-state index is 0.173. The molecule has 2 aromatic rings. The number of methoxy groups -OCH3 is 1. The molecule has 0 bridgehead atoms. The molecule has 3 rings (SSSR count). The Morgan fingerprint density at radius 1 is 1.38 bits per heavy atom. The number of hydrogen-bond donors (Lipinski definition) is 1. The summed E-state index contributed by atoms with van der Waals surface area (Å²) in [4.78, 5) is 18.2. The summed E-state index contributed by atoms with van der Waals surface area (Å²) in [5, 5.41) is 7.54. The monoisotopic (exact) mass is 329 g/mol. The van der Waals surface area contributed by atoms with E-state index >= 15 is 0 Å². The second-order valence-electron chi connectivity index (χ2n) is 5.96. The molecule has 1 aromatic heterocycles. The lowest BCUT2D eigenvalue weighted by molar-refractivity contribution is -0.132. The van der Waals surface area contributed by atoms with Crippen LogP contribution in [0, 0.1) is 0 Å². The summed E-state index contributed by atoms with van der Waals surface area (Å²) >= 11 is 0. The molecular weight excluding hydrogens is 306 g/mol. The second kappa shape index (κ2) is 7.81. The molecule has 1 aromatic carbocycles. The van der Waals surface area contributed by atoms with Crippen LogP contribution in [0.4, 0.5) is 5.69 Å². The highest BCUT2D eigenvalue weighted by Gasteiger charge is 2.23. The van der Waals surface area contributed by atoms with Crippen LogP contribution in [-0.2, 0) is 11.3 Å². The van der Waals surface area contributed by atoms with Crippen LogP contribution in [-0.4, -0.2) is 51.8 Å². The third-order valence-electron chi connectivity index (χ3n) is 4.26. The maximum absolute atomic E-state index is 12.4. The fourth-order valence-electron chi connectivity index (χ4n) is 2.96. The topological polar surface area (TPSA) is 72.3 Å². The van der Waals surface area contributed by atoms with Crippen LogP contribution in [0.5, 0.6) is 5.75 Å². The quantitative estimate of drug-likeness (QED) is 0.874. The van der Waals surface area contributed by atoms with Crippen molar-refractivity contribution in [2.45, 2.75) is 31.8 Å². The minimum Gasteiger partial charge on any atom is -0.497 e. The number of likely N-dealkylation sites (tertiary alicyclic amines) is 1. The Morgan fingerprint density at radius 3 is 2.92 bits per heavy atom. The number of ether oxygens (including phenoxy) is 1. The first-order valence-corrected chi connectivity index (χ1v) is 8.25. The number of nitrogens with one attached hydrogen (secondary N) is 1. The summed E-state index contributed by atoms with van der Waals surface area (Å²) in [6.07, 6.45) is 5.66. The van der Waals surface area contributed by atoms with Crippen molar-refractivity contribution in [2.24, 2.45) is 0 Å². The molecule has 1 aliphatic rings. The predicted molar refractivity (Wildman–Crippen MR) is 90.9 cm³/mol. The highest BCUT2D eigenvalue weighted by atomic mass is 16.5. The first-order valence-electron chi connectivity index (χ1n) is 8.25. The van der Waals surface area contributed by atoms with Gasteiger partial charge in [0.15, 0.2) is 0 Å². The van der Waals surface area contributed by atoms with Crippen molar-refractivity contribution in [3.8, 4) is 5.75 Å². The van der Waals surface area contributed by atoms with E-state index < -0.39 is 0 Å². The average molecular weight is 329 g/mol. The van der Waals surface area contributed by atoms with Gasteiger partial charge in [-0.3, -0.25) is 9.48 Å². The molecule has 128 valence electrons. The summed E-state index contributed by atoms with van der Waals surface area (Å²) in [7, 11) is 1.66. The Balaban J connectivity index is 1.50. The van der Waals surface area contributed by atoms with E-state index in [1.165, 1.54) is 6.33 Å². The molecule has 1 atom stereocenters. The van der Waals surface area contributed by atoms with Crippen LogP contribution in [0.15, 0.2) is 36.9 Å². The van der Waals surface area contributed by atoms with Gasteiger partial charge in [-0.2, -0.15) is 5.10 Å². The van der Waals surface area contributed by atoms with Crippen LogP contribution >= 0.6 is 0 Å². The van der Waals surface area contributed by atoms with E-state index in [1.807, 2.05) is 29.2 Å². The van der Waals surface area contributed by atoms with Crippen molar-refractivity contribution in [1.29, 1.82) is 0 Å². The molecule has 1 fully saturated rings. The number of hydrogen-bond acceptors (Lipinski definition) is 5. The van der Waals surface area contributed by atoms with Crippen molar-refractivity contribution < 1.29 is 9.53 Å². The maximum atomic E-state index is 12.4. The number of aryl methyl sites for hydroxylation is 1. The zero-order valence-corrected chi connectivity index (χ0v) is 13.9. The molecule has 1 N–H and O–H groups in total. The number of nitrogens with zero attached hydrogens (tertiary/aromatic N) is 4. The average Bonchev–Trinajstić information content (AvgIpc) is 3.14. The summed E-state index contributed by atoms with van der Waals surface area (Å²) in [6.45, 7) is 2.14. The third-order valence-corrected chi connectivity index (χ3v) is 4.26. The fraction of sp³-hybridized carbons (Fsp3) is 0.471. The van der Waals surface area contributed by atoms with Crippen LogP contribution in [0.1, 0.15) is 19.3 Å². The number of piperidine rings is 1. The molecule has 0 spiro atoms. The fourth-order valence-corrected chi connectivity index (χ4v) is 2.96. The molecular formula is C17H23N5O2. The molecule has 2 heterocycles.